The molecule has 0 fully saturated rings. The van der Waals surface area contributed by atoms with Gasteiger partial charge < -0.3 is 10.4 Å². The zero-order valence-electron chi connectivity index (χ0n) is 5.31. The van der Waals surface area contributed by atoms with Crippen LogP contribution in [0.1, 0.15) is 0 Å². The van der Waals surface area contributed by atoms with Gasteiger partial charge in [0.15, 0.2) is 0 Å². The van der Waals surface area contributed by atoms with Crippen LogP contribution in [-0.4, -0.2) is 37.0 Å². The minimum Gasteiger partial charge on any atom is -0.480 e. The predicted octanol–water partition coefficient (Wildman–Crippen LogP) is -0.0318. The summed E-state index contributed by atoms with van der Waals surface area (Å²) < 4.78 is 23.3. The third kappa shape index (κ3) is 5.43. The molecule has 0 saturated carbocycles. The largest absolute Gasteiger partial charge is 0.480 e. The highest BCUT2D eigenvalue weighted by Crippen LogP contribution is 1.87. The number of carboxylic acid groups (broad SMARTS) is 1. The van der Waals surface area contributed by atoms with Gasteiger partial charge in [-0.1, -0.05) is 0 Å². The molecular formula is C5H9F2NO2. The number of alkyl halides is 2. The standard InChI is InChI=1S/C5H9F2NO2/c6-1-4(7)2-8-3-5(9)10/h4,8H,1-3H2,(H,9,10). The second-order valence-corrected chi connectivity index (χ2v) is 1.78. The molecule has 0 rings (SSSR count). The van der Waals surface area contributed by atoms with Crippen LogP contribution in [0.15, 0.2) is 0 Å². The van der Waals surface area contributed by atoms with Gasteiger partial charge in [0.2, 0.25) is 0 Å². The van der Waals surface area contributed by atoms with Gasteiger partial charge in [-0.3, -0.25) is 4.79 Å². The molecule has 2 N–H and O–H groups in total. The maximum Gasteiger partial charge on any atom is 0.317 e. The van der Waals surface area contributed by atoms with Crippen molar-refractivity contribution < 1.29 is 18.7 Å². The first-order chi connectivity index (χ1) is 4.66. The lowest BCUT2D eigenvalue weighted by Gasteiger charge is -2.02. The van der Waals surface area contributed by atoms with E-state index in [2.05, 4.69) is 5.32 Å². The molecule has 3 nitrogen and oxygen atoms in total. The zero-order chi connectivity index (χ0) is 7.98. The van der Waals surface area contributed by atoms with E-state index in [1.165, 1.54) is 0 Å². The van der Waals surface area contributed by atoms with Gasteiger partial charge in [0, 0.05) is 6.54 Å². The monoisotopic (exact) mass is 153 g/mol. The van der Waals surface area contributed by atoms with Crippen LogP contribution >= 0.6 is 0 Å². The number of hydrogen-bond acceptors (Lipinski definition) is 2. The second kappa shape index (κ2) is 5.10. The fourth-order valence-electron chi connectivity index (χ4n) is 0.390. The smallest absolute Gasteiger partial charge is 0.317 e. The van der Waals surface area contributed by atoms with Gasteiger partial charge in [-0.25, -0.2) is 8.78 Å². The van der Waals surface area contributed by atoms with Crippen molar-refractivity contribution in [1.82, 2.24) is 5.32 Å². The van der Waals surface area contributed by atoms with Crippen molar-refractivity contribution in [3.05, 3.63) is 0 Å². The van der Waals surface area contributed by atoms with E-state index >= 15 is 0 Å². The van der Waals surface area contributed by atoms with Crippen LogP contribution < -0.4 is 5.32 Å². The molecule has 10 heavy (non-hydrogen) atoms. The van der Waals surface area contributed by atoms with Crippen molar-refractivity contribution in [2.24, 2.45) is 0 Å². The van der Waals surface area contributed by atoms with Gasteiger partial charge in [-0.15, -0.1) is 0 Å². The number of nitrogens with one attached hydrogen (secondary N) is 1. The van der Waals surface area contributed by atoms with Gasteiger partial charge >= 0.3 is 5.97 Å². The molecule has 0 heterocycles. The number of halogens is 2. The molecular weight excluding hydrogens is 144 g/mol. The summed E-state index contributed by atoms with van der Waals surface area (Å²) in [5, 5.41) is 10.2. The number of hydrogen-bond donors (Lipinski definition) is 2. The average Bonchev–Trinajstić information content (AvgIpc) is 1.87. The van der Waals surface area contributed by atoms with Crippen molar-refractivity contribution in [3.63, 3.8) is 0 Å². The minimum atomic E-state index is -1.60. The summed E-state index contributed by atoms with van der Waals surface area (Å²) in [5.41, 5.74) is 0. The first kappa shape index (κ1) is 9.29. The van der Waals surface area contributed by atoms with E-state index in [1.807, 2.05) is 0 Å². The van der Waals surface area contributed by atoms with Crippen LogP contribution in [0.2, 0.25) is 0 Å². The van der Waals surface area contributed by atoms with Crippen molar-refractivity contribution in [3.8, 4) is 0 Å². The lowest BCUT2D eigenvalue weighted by Crippen LogP contribution is -2.29. The zero-order valence-corrected chi connectivity index (χ0v) is 5.31. The summed E-state index contributed by atoms with van der Waals surface area (Å²) >= 11 is 0. The molecule has 1 unspecified atom stereocenters. The van der Waals surface area contributed by atoms with E-state index in [0.29, 0.717) is 0 Å². The SMILES string of the molecule is O=C(O)CNCC(F)CF. The highest BCUT2D eigenvalue weighted by atomic mass is 19.2. The highest BCUT2D eigenvalue weighted by Gasteiger charge is 2.04. The van der Waals surface area contributed by atoms with Crippen LogP contribution in [-0.2, 0) is 4.79 Å². The Morgan fingerprint density at radius 1 is 1.70 bits per heavy atom. The van der Waals surface area contributed by atoms with Gasteiger partial charge in [0.05, 0.1) is 6.54 Å². The molecule has 0 aromatic rings. The topological polar surface area (TPSA) is 49.3 Å². The van der Waals surface area contributed by atoms with Crippen molar-refractivity contribution in [2.45, 2.75) is 6.17 Å². The number of rotatable bonds is 5. The first-order valence-electron chi connectivity index (χ1n) is 2.79. The van der Waals surface area contributed by atoms with Crippen LogP contribution in [0.3, 0.4) is 0 Å². The molecule has 1 atom stereocenters. The molecule has 0 aliphatic carbocycles. The first-order valence-corrected chi connectivity index (χ1v) is 2.79. The number of carbonyl (C=O) groups is 1. The third-order valence-electron chi connectivity index (χ3n) is 0.809. The molecule has 0 aromatic heterocycles. The van der Waals surface area contributed by atoms with E-state index in [9.17, 15) is 13.6 Å². The van der Waals surface area contributed by atoms with Crippen LogP contribution in [0.5, 0.6) is 0 Å². The molecule has 0 aromatic carbocycles. The molecule has 0 aliphatic rings. The normalized spacial score (nSPS) is 13.0. The number of aliphatic carboxylic acids is 1. The molecule has 0 bridgehead atoms. The Labute approximate surface area is 57.0 Å². The Hall–Kier alpha value is -0.710. The fourth-order valence-corrected chi connectivity index (χ4v) is 0.390. The van der Waals surface area contributed by atoms with Crippen molar-refractivity contribution >= 4 is 5.97 Å². The molecule has 0 amide bonds. The lowest BCUT2D eigenvalue weighted by atomic mass is 10.4. The van der Waals surface area contributed by atoms with E-state index in [-0.39, 0.29) is 13.1 Å². The summed E-state index contributed by atoms with van der Waals surface area (Å²) in [4.78, 5) is 9.79. The summed E-state index contributed by atoms with van der Waals surface area (Å²) in [7, 11) is 0. The summed E-state index contributed by atoms with van der Waals surface area (Å²) in [5.74, 6) is -1.08. The molecule has 60 valence electrons. The van der Waals surface area contributed by atoms with E-state index in [1.54, 1.807) is 0 Å². The Balaban J connectivity index is 3.11. The van der Waals surface area contributed by atoms with Crippen LogP contribution in [0.25, 0.3) is 0 Å². The van der Waals surface area contributed by atoms with Crippen molar-refractivity contribution in [2.75, 3.05) is 19.8 Å². The average molecular weight is 153 g/mol. The van der Waals surface area contributed by atoms with E-state index in [4.69, 9.17) is 5.11 Å². The van der Waals surface area contributed by atoms with Crippen molar-refractivity contribution in [1.29, 1.82) is 0 Å². The summed E-state index contributed by atoms with van der Waals surface area (Å²) in [6, 6.07) is 0. The summed E-state index contributed by atoms with van der Waals surface area (Å²) in [6.45, 7) is -1.66. The van der Waals surface area contributed by atoms with Crippen LogP contribution in [0, 0.1) is 0 Å². The Kier molecular flexibility index (Phi) is 4.74. The maximum atomic E-state index is 12.0. The Bertz CT molecular complexity index is 110. The molecule has 0 saturated heterocycles. The molecule has 0 radical (unpaired) electrons. The quantitative estimate of drug-likeness (QED) is 0.583. The molecule has 5 heteroatoms. The van der Waals surface area contributed by atoms with Gasteiger partial charge in [0.1, 0.15) is 12.8 Å². The van der Waals surface area contributed by atoms with Gasteiger partial charge in [0.25, 0.3) is 0 Å². The molecule has 0 aliphatic heterocycles. The van der Waals surface area contributed by atoms with Crippen LogP contribution in [0.4, 0.5) is 8.78 Å². The van der Waals surface area contributed by atoms with Gasteiger partial charge in [-0.05, 0) is 0 Å². The highest BCUT2D eigenvalue weighted by molar-refractivity contribution is 5.68. The third-order valence-corrected chi connectivity index (χ3v) is 0.809. The van der Waals surface area contributed by atoms with E-state index < -0.39 is 18.8 Å². The Morgan fingerprint density at radius 3 is 2.70 bits per heavy atom. The lowest BCUT2D eigenvalue weighted by molar-refractivity contribution is -0.136. The minimum absolute atomic E-state index is 0.247. The van der Waals surface area contributed by atoms with Gasteiger partial charge in [-0.2, -0.15) is 0 Å². The fraction of sp³-hybridized carbons (Fsp3) is 0.800. The Morgan fingerprint density at radius 2 is 2.30 bits per heavy atom. The summed E-state index contributed by atoms with van der Waals surface area (Å²) in [6.07, 6.45) is -1.60. The van der Waals surface area contributed by atoms with E-state index in [0.717, 1.165) is 0 Å². The predicted molar refractivity (Wildman–Crippen MR) is 31.4 cm³/mol. The molecule has 0 spiro atoms. The maximum absolute atomic E-state index is 12.0. The number of carboxylic acids is 1. The second-order valence-electron chi connectivity index (χ2n) is 1.78.